The Morgan fingerprint density at radius 1 is 1.20 bits per heavy atom. The van der Waals surface area contributed by atoms with Gasteiger partial charge in [0.25, 0.3) is 17.5 Å². The molecule has 2 rings (SSSR count). The van der Waals surface area contributed by atoms with Gasteiger partial charge < -0.3 is 14.8 Å². The molecule has 0 unspecified atom stereocenters. The molecule has 0 aliphatic carbocycles. The first kappa shape index (κ1) is 13.6. The molecule has 0 bridgehead atoms. The van der Waals surface area contributed by atoms with Crippen LogP contribution < -0.4 is 0 Å². The number of likely N-dealkylation sites (N-methyl/N-ethyl adjacent to an activating group) is 1. The summed E-state index contributed by atoms with van der Waals surface area (Å²) in [6.07, 6.45) is 0. The minimum Gasteiger partial charge on any atom is -0.479 e. The van der Waals surface area contributed by atoms with Gasteiger partial charge in [0.15, 0.2) is 0 Å². The van der Waals surface area contributed by atoms with E-state index in [1.165, 1.54) is 7.05 Å². The Kier molecular flexibility index (Phi) is 2.63. The number of carboxylic acid groups (broad SMARTS) is 1. The minimum atomic E-state index is -1.93. The summed E-state index contributed by atoms with van der Waals surface area (Å²) < 4.78 is 0. The third-order valence-corrected chi connectivity index (χ3v) is 3.32. The Hall–Kier alpha value is -2.78. The molecule has 0 aromatic heterocycles. The molecule has 0 saturated carbocycles. The molecule has 10 heteroatoms. The van der Waals surface area contributed by atoms with Gasteiger partial charge in [0.2, 0.25) is 11.6 Å². The molecule has 10 nitrogen and oxygen atoms in total. The van der Waals surface area contributed by atoms with Crippen molar-refractivity contribution in [2.45, 2.75) is 18.5 Å². The van der Waals surface area contributed by atoms with Crippen molar-refractivity contribution >= 4 is 35.3 Å². The lowest BCUT2D eigenvalue weighted by Crippen LogP contribution is -2.75. The number of nitrogens with zero attached hydrogens (tertiary/aromatic N) is 2. The van der Waals surface area contributed by atoms with Crippen molar-refractivity contribution in [1.29, 1.82) is 0 Å². The van der Waals surface area contributed by atoms with Gasteiger partial charge in [-0.05, 0) is 6.92 Å². The van der Waals surface area contributed by atoms with Crippen LogP contribution in [0.1, 0.15) is 6.92 Å². The first-order chi connectivity index (χ1) is 9.13. The van der Waals surface area contributed by atoms with E-state index in [0.717, 1.165) is 11.8 Å². The Labute approximate surface area is 110 Å². The van der Waals surface area contributed by atoms with Crippen LogP contribution in [-0.4, -0.2) is 69.0 Å². The highest BCUT2D eigenvalue weighted by Gasteiger charge is 2.64. The van der Waals surface area contributed by atoms with Gasteiger partial charge in [-0.25, -0.2) is 9.59 Å². The van der Waals surface area contributed by atoms with Crippen molar-refractivity contribution in [3.05, 3.63) is 0 Å². The van der Waals surface area contributed by atoms with E-state index in [0.29, 0.717) is 0 Å². The Morgan fingerprint density at radius 2 is 1.75 bits per heavy atom. The maximum Gasteiger partial charge on any atom is 0.365 e. The van der Waals surface area contributed by atoms with Gasteiger partial charge >= 0.3 is 17.8 Å². The summed E-state index contributed by atoms with van der Waals surface area (Å²) in [6, 6.07) is -1.92. The predicted molar refractivity (Wildman–Crippen MR) is 55.6 cm³/mol. The number of hydroxylamine groups is 2. The van der Waals surface area contributed by atoms with E-state index in [9.17, 15) is 28.8 Å². The van der Waals surface area contributed by atoms with E-state index in [2.05, 4.69) is 4.84 Å². The molecule has 0 radical (unpaired) electrons. The molecule has 2 aliphatic heterocycles. The average Bonchev–Trinajstić information content (AvgIpc) is 2.42. The fourth-order valence-electron chi connectivity index (χ4n) is 1.76. The molecule has 106 valence electrons. The predicted octanol–water partition coefficient (Wildman–Crippen LogP) is -2.89. The first-order valence-corrected chi connectivity index (χ1v) is 5.29. The molecule has 2 atom stereocenters. The summed E-state index contributed by atoms with van der Waals surface area (Å²) in [6.45, 7) is 1.08. The smallest absolute Gasteiger partial charge is 0.365 e. The zero-order valence-corrected chi connectivity index (χ0v) is 10.3. The van der Waals surface area contributed by atoms with Gasteiger partial charge in [0, 0.05) is 7.05 Å². The molecular formula is C10H8N2O8. The number of likely N-dealkylation sites (tertiary alicyclic amines) is 1. The van der Waals surface area contributed by atoms with E-state index in [-0.39, 0.29) is 5.06 Å². The Balaban J connectivity index is 2.15. The number of carboxylic acids is 1. The monoisotopic (exact) mass is 284 g/mol. The molecule has 0 aromatic carbocycles. The van der Waals surface area contributed by atoms with Crippen LogP contribution in [0, 0.1) is 0 Å². The highest BCUT2D eigenvalue weighted by Crippen LogP contribution is 2.29. The Bertz CT molecular complexity index is 596. The van der Waals surface area contributed by atoms with Crippen LogP contribution in [0.15, 0.2) is 0 Å². The maximum absolute atomic E-state index is 11.8. The van der Waals surface area contributed by atoms with E-state index in [1.807, 2.05) is 0 Å². The van der Waals surface area contributed by atoms with Crippen molar-refractivity contribution < 1.29 is 38.7 Å². The largest absolute Gasteiger partial charge is 0.479 e. The third-order valence-electron chi connectivity index (χ3n) is 3.32. The molecule has 2 heterocycles. The highest BCUT2D eigenvalue weighted by molar-refractivity contribution is 6.51. The lowest BCUT2D eigenvalue weighted by molar-refractivity contribution is -0.232. The van der Waals surface area contributed by atoms with Crippen LogP contribution in [0.5, 0.6) is 0 Å². The zero-order valence-electron chi connectivity index (χ0n) is 10.3. The highest BCUT2D eigenvalue weighted by atomic mass is 16.7. The third kappa shape index (κ3) is 1.38. The van der Waals surface area contributed by atoms with Crippen LogP contribution in [0.3, 0.4) is 0 Å². The van der Waals surface area contributed by atoms with E-state index >= 15 is 0 Å². The van der Waals surface area contributed by atoms with Crippen molar-refractivity contribution in [2.24, 2.45) is 0 Å². The van der Waals surface area contributed by atoms with Gasteiger partial charge in [-0.2, -0.15) is 0 Å². The van der Waals surface area contributed by atoms with E-state index in [4.69, 9.17) is 5.11 Å². The number of carbonyl (C=O) groups excluding carboxylic acids is 5. The van der Waals surface area contributed by atoms with Crippen molar-refractivity contribution in [2.75, 3.05) is 7.05 Å². The van der Waals surface area contributed by atoms with Crippen molar-refractivity contribution in [1.82, 2.24) is 9.96 Å². The molecule has 0 spiro atoms. The SMILES string of the molecule is CN1C(=O)C(=O)[C@@]1(C)C(=O)ON1C(=O)C(=O)[C@H]1C(=O)O. The van der Waals surface area contributed by atoms with Gasteiger partial charge in [-0.3, -0.25) is 19.2 Å². The average molecular weight is 284 g/mol. The second-order valence-corrected chi connectivity index (χ2v) is 4.38. The van der Waals surface area contributed by atoms with Gasteiger partial charge in [-0.15, -0.1) is 5.06 Å². The van der Waals surface area contributed by atoms with E-state index in [1.54, 1.807) is 0 Å². The van der Waals surface area contributed by atoms with Crippen molar-refractivity contribution in [3.63, 3.8) is 0 Å². The summed E-state index contributed by atoms with van der Waals surface area (Å²) in [7, 11) is 1.17. The van der Waals surface area contributed by atoms with Gasteiger partial charge in [-0.1, -0.05) is 0 Å². The van der Waals surface area contributed by atoms with Crippen LogP contribution in [0.4, 0.5) is 0 Å². The summed E-state index contributed by atoms with van der Waals surface area (Å²) in [5.41, 5.74) is -1.93. The lowest BCUT2D eigenvalue weighted by atomic mass is 9.85. The second kappa shape index (κ2) is 3.85. The lowest BCUT2D eigenvalue weighted by Gasteiger charge is -2.44. The number of carbonyl (C=O) groups is 6. The summed E-state index contributed by atoms with van der Waals surface area (Å²) in [4.78, 5) is 72.4. The fourth-order valence-corrected chi connectivity index (χ4v) is 1.76. The van der Waals surface area contributed by atoms with Crippen LogP contribution >= 0.6 is 0 Å². The number of Topliss-reactive ketones (excluding diaryl/α,β-unsaturated/α-hetero) is 2. The van der Waals surface area contributed by atoms with Crippen LogP contribution in [0.2, 0.25) is 0 Å². The molecule has 2 aliphatic rings. The molecule has 1 N–H and O–H groups in total. The first-order valence-electron chi connectivity index (χ1n) is 5.29. The number of rotatable bonds is 3. The standard InChI is InChI=1S/C10H8N2O8/c1-10(5(14)7(16)11(10)2)9(19)20-12-3(8(17)18)4(13)6(12)15/h3H,1-2H3,(H,17,18)/t3-,10-/m0/s1. The number of amides is 2. The molecule has 0 aromatic rings. The number of hydrogen-bond acceptors (Lipinski definition) is 7. The summed E-state index contributed by atoms with van der Waals surface area (Å²) in [5, 5.41) is 8.76. The minimum absolute atomic E-state index is 0.0716. The molecular weight excluding hydrogens is 276 g/mol. The number of ketones is 2. The van der Waals surface area contributed by atoms with Crippen LogP contribution in [0.25, 0.3) is 0 Å². The van der Waals surface area contributed by atoms with Gasteiger partial charge in [0.05, 0.1) is 0 Å². The van der Waals surface area contributed by atoms with E-state index < -0.39 is 46.9 Å². The summed E-state index contributed by atoms with van der Waals surface area (Å²) >= 11 is 0. The number of β-lactam (4-membered cyclic amide) rings is 2. The molecule has 2 amide bonds. The number of hydrogen-bond donors (Lipinski definition) is 1. The fraction of sp³-hybridized carbons (Fsp3) is 0.400. The maximum atomic E-state index is 11.8. The van der Waals surface area contributed by atoms with Crippen LogP contribution in [-0.2, 0) is 33.6 Å². The number of aliphatic carboxylic acids is 1. The molecule has 2 fully saturated rings. The second-order valence-electron chi connectivity index (χ2n) is 4.38. The normalized spacial score (nSPS) is 29.0. The van der Waals surface area contributed by atoms with Gasteiger partial charge in [0.1, 0.15) is 0 Å². The topological polar surface area (TPSA) is 138 Å². The van der Waals surface area contributed by atoms with Crippen molar-refractivity contribution in [3.8, 4) is 0 Å². The summed E-state index contributed by atoms with van der Waals surface area (Å²) in [5.74, 6) is -7.48. The molecule has 2 saturated heterocycles. The zero-order chi connectivity index (χ0) is 15.4. The Morgan fingerprint density at radius 3 is 2.20 bits per heavy atom. The molecule has 20 heavy (non-hydrogen) atoms. The quantitative estimate of drug-likeness (QED) is 0.331.